The molecule has 2 rings (SSSR count). The fraction of sp³-hybridized carbons (Fsp3) is 0.222. The molecule has 0 heterocycles. The molecule has 27 heavy (non-hydrogen) atoms. The summed E-state index contributed by atoms with van der Waals surface area (Å²) < 4.78 is 10.4. The number of rotatable bonds is 6. The Kier molecular flexibility index (Phi) is 7.62. The predicted molar refractivity (Wildman–Crippen MR) is 107 cm³/mol. The van der Waals surface area contributed by atoms with Gasteiger partial charge in [0.2, 0.25) is 0 Å². The van der Waals surface area contributed by atoms with Gasteiger partial charge in [-0.1, -0.05) is 46.4 Å². The highest BCUT2D eigenvalue weighted by molar-refractivity contribution is 6.44. The van der Waals surface area contributed by atoms with Gasteiger partial charge in [0.15, 0.2) is 12.7 Å². The summed E-state index contributed by atoms with van der Waals surface area (Å²) in [5, 5.41) is 3.81. The van der Waals surface area contributed by atoms with E-state index in [1.54, 1.807) is 18.2 Å². The van der Waals surface area contributed by atoms with Crippen molar-refractivity contribution in [1.82, 2.24) is 0 Å². The SMILES string of the molecule is Cc1cc(OCC(=O)OC(C)C(=O)Nc2cc(Cl)c(Cl)cc2Cl)ccc1Cl. The van der Waals surface area contributed by atoms with Crippen LogP contribution in [0.2, 0.25) is 20.1 Å². The van der Waals surface area contributed by atoms with Crippen molar-refractivity contribution in [2.45, 2.75) is 20.0 Å². The van der Waals surface area contributed by atoms with E-state index < -0.39 is 18.0 Å². The average molecular weight is 451 g/mol. The highest BCUT2D eigenvalue weighted by Gasteiger charge is 2.20. The predicted octanol–water partition coefficient (Wildman–Crippen LogP) is 5.56. The Labute approximate surface area is 176 Å². The number of aryl methyl sites for hydroxylation is 1. The third-order valence-corrected chi connectivity index (χ3v) is 4.89. The van der Waals surface area contributed by atoms with Crippen molar-refractivity contribution < 1.29 is 19.1 Å². The maximum atomic E-state index is 12.2. The molecule has 9 heteroatoms. The van der Waals surface area contributed by atoms with E-state index >= 15 is 0 Å². The minimum absolute atomic E-state index is 0.206. The first-order valence-electron chi connectivity index (χ1n) is 7.71. The van der Waals surface area contributed by atoms with Gasteiger partial charge in [-0.15, -0.1) is 0 Å². The fourth-order valence-electron chi connectivity index (χ4n) is 1.99. The molecule has 0 bridgehead atoms. The van der Waals surface area contributed by atoms with Gasteiger partial charge in [-0.25, -0.2) is 4.79 Å². The first-order chi connectivity index (χ1) is 12.7. The van der Waals surface area contributed by atoms with E-state index in [2.05, 4.69) is 5.32 Å². The first kappa shape index (κ1) is 21.6. The summed E-state index contributed by atoms with van der Waals surface area (Å²) >= 11 is 23.7. The summed E-state index contributed by atoms with van der Waals surface area (Å²) in [7, 11) is 0. The molecule has 1 amide bonds. The molecule has 0 aromatic heterocycles. The van der Waals surface area contributed by atoms with Crippen LogP contribution in [0.3, 0.4) is 0 Å². The van der Waals surface area contributed by atoms with Crippen LogP contribution < -0.4 is 10.1 Å². The average Bonchev–Trinajstić information content (AvgIpc) is 2.60. The zero-order chi connectivity index (χ0) is 20.1. The third kappa shape index (κ3) is 6.18. The number of nitrogens with one attached hydrogen (secondary N) is 1. The Morgan fingerprint density at radius 2 is 1.67 bits per heavy atom. The molecule has 1 atom stereocenters. The van der Waals surface area contributed by atoms with Gasteiger partial charge in [-0.3, -0.25) is 4.79 Å². The third-order valence-electron chi connectivity index (χ3n) is 3.43. The number of carbonyl (C=O) groups is 2. The maximum absolute atomic E-state index is 12.2. The number of anilines is 1. The maximum Gasteiger partial charge on any atom is 0.344 e. The van der Waals surface area contributed by atoms with Crippen molar-refractivity contribution in [1.29, 1.82) is 0 Å². The van der Waals surface area contributed by atoms with Crippen LogP contribution in [0.4, 0.5) is 5.69 Å². The zero-order valence-corrected chi connectivity index (χ0v) is 17.3. The highest BCUT2D eigenvalue weighted by Crippen LogP contribution is 2.32. The lowest BCUT2D eigenvalue weighted by Gasteiger charge is -2.15. The quantitative estimate of drug-likeness (QED) is 0.462. The second-order valence-electron chi connectivity index (χ2n) is 5.57. The van der Waals surface area contributed by atoms with Gasteiger partial charge < -0.3 is 14.8 Å². The Bertz CT molecular complexity index is 873. The molecule has 144 valence electrons. The minimum atomic E-state index is -1.07. The van der Waals surface area contributed by atoms with Crippen molar-refractivity contribution in [2.75, 3.05) is 11.9 Å². The topological polar surface area (TPSA) is 64.6 Å². The zero-order valence-electron chi connectivity index (χ0n) is 14.3. The first-order valence-corrected chi connectivity index (χ1v) is 9.22. The Morgan fingerprint density at radius 3 is 2.33 bits per heavy atom. The minimum Gasteiger partial charge on any atom is -0.482 e. The Balaban J connectivity index is 1.89. The summed E-state index contributed by atoms with van der Waals surface area (Å²) in [5.74, 6) is -0.815. The normalized spacial score (nSPS) is 11.6. The molecule has 0 aliphatic heterocycles. The smallest absolute Gasteiger partial charge is 0.344 e. The van der Waals surface area contributed by atoms with Crippen molar-refractivity contribution in [2.24, 2.45) is 0 Å². The van der Waals surface area contributed by atoms with Crippen LogP contribution in [-0.2, 0) is 14.3 Å². The number of halogens is 4. The molecule has 0 saturated carbocycles. The lowest BCUT2D eigenvalue weighted by Crippen LogP contribution is -2.31. The van der Waals surface area contributed by atoms with Crippen molar-refractivity contribution >= 4 is 64.0 Å². The second-order valence-corrected chi connectivity index (χ2v) is 7.20. The van der Waals surface area contributed by atoms with Crippen LogP contribution in [0.15, 0.2) is 30.3 Å². The van der Waals surface area contributed by atoms with E-state index in [1.165, 1.54) is 19.1 Å². The molecule has 1 N–H and O–H groups in total. The molecule has 0 spiro atoms. The summed E-state index contributed by atoms with van der Waals surface area (Å²) in [6.07, 6.45) is -1.07. The molecular weight excluding hydrogens is 436 g/mol. The van der Waals surface area contributed by atoms with Crippen molar-refractivity contribution in [3.05, 3.63) is 56.0 Å². The van der Waals surface area contributed by atoms with Crippen molar-refractivity contribution in [3.63, 3.8) is 0 Å². The van der Waals surface area contributed by atoms with Gasteiger partial charge in [-0.05, 0) is 49.7 Å². The number of esters is 1. The largest absolute Gasteiger partial charge is 0.482 e. The summed E-state index contributed by atoms with van der Waals surface area (Å²) in [6.45, 7) is 2.88. The molecule has 0 saturated heterocycles. The molecule has 5 nitrogen and oxygen atoms in total. The molecule has 2 aromatic carbocycles. The molecule has 2 aromatic rings. The molecule has 0 aliphatic rings. The van der Waals surface area contributed by atoms with Crippen LogP contribution in [0.1, 0.15) is 12.5 Å². The Hall–Kier alpha value is -1.66. The second kappa shape index (κ2) is 9.51. The van der Waals surface area contributed by atoms with E-state index in [0.717, 1.165) is 5.56 Å². The highest BCUT2D eigenvalue weighted by atomic mass is 35.5. The van der Waals surface area contributed by atoms with Gasteiger partial charge in [-0.2, -0.15) is 0 Å². The van der Waals surface area contributed by atoms with Gasteiger partial charge in [0.05, 0.1) is 20.8 Å². The molecular formula is C18H15Cl4NO4. The van der Waals surface area contributed by atoms with E-state index in [-0.39, 0.29) is 27.4 Å². The summed E-state index contributed by atoms with van der Waals surface area (Å²) in [5.41, 5.74) is 1.07. The monoisotopic (exact) mass is 449 g/mol. The van der Waals surface area contributed by atoms with Gasteiger partial charge >= 0.3 is 5.97 Å². The number of carbonyl (C=O) groups excluding carboxylic acids is 2. The number of ether oxygens (including phenoxy) is 2. The van der Waals surface area contributed by atoms with Crippen LogP contribution in [0, 0.1) is 6.92 Å². The van der Waals surface area contributed by atoms with Crippen LogP contribution in [0.5, 0.6) is 5.75 Å². The molecule has 1 unspecified atom stereocenters. The van der Waals surface area contributed by atoms with E-state index in [0.29, 0.717) is 10.8 Å². The van der Waals surface area contributed by atoms with Crippen LogP contribution in [-0.4, -0.2) is 24.6 Å². The number of amides is 1. The molecule has 0 fully saturated rings. The van der Waals surface area contributed by atoms with Crippen molar-refractivity contribution in [3.8, 4) is 5.75 Å². The van der Waals surface area contributed by atoms with Crippen LogP contribution >= 0.6 is 46.4 Å². The summed E-state index contributed by atoms with van der Waals surface area (Å²) in [6, 6.07) is 7.79. The van der Waals surface area contributed by atoms with Gasteiger partial charge in [0, 0.05) is 5.02 Å². The Morgan fingerprint density at radius 1 is 1.00 bits per heavy atom. The molecule has 0 aliphatic carbocycles. The van der Waals surface area contributed by atoms with Crippen LogP contribution in [0.25, 0.3) is 0 Å². The van der Waals surface area contributed by atoms with Gasteiger partial charge in [0.1, 0.15) is 5.75 Å². The van der Waals surface area contributed by atoms with E-state index in [4.69, 9.17) is 55.9 Å². The van der Waals surface area contributed by atoms with Gasteiger partial charge in [0.25, 0.3) is 5.91 Å². The fourth-order valence-corrected chi connectivity index (χ4v) is 2.70. The number of benzene rings is 2. The molecule has 0 radical (unpaired) electrons. The lowest BCUT2D eigenvalue weighted by atomic mass is 10.2. The standard InChI is InChI=1S/C18H15Cl4NO4/c1-9-5-11(3-4-12(9)19)26-8-17(24)27-10(2)18(25)23-16-7-14(21)13(20)6-15(16)22/h3-7,10H,8H2,1-2H3,(H,23,25). The number of hydrogen-bond donors (Lipinski definition) is 1. The van der Waals surface area contributed by atoms with E-state index in [1.807, 2.05) is 6.92 Å². The summed E-state index contributed by atoms with van der Waals surface area (Å²) in [4.78, 5) is 24.1. The lowest BCUT2D eigenvalue weighted by molar-refractivity contribution is -0.155. The number of hydrogen-bond acceptors (Lipinski definition) is 4. The van der Waals surface area contributed by atoms with E-state index in [9.17, 15) is 9.59 Å².